The van der Waals surface area contributed by atoms with E-state index in [4.69, 9.17) is 9.47 Å². The van der Waals surface area contributed by atoms with Crippen molar-refractivity contribution in [1.29, 1.82) is 0 Å². The molecule has 0 saturated carbocycles. The molecule has 0 aliphatic heterocycles. The van der Waals surface area contributed by atoms with Crippen molar-refractivity contribution in [2.24, 2.45) is 0 Å². The lowest BCUT2D eigenvalue weighted by Gasteiger charge is -2.35. The Morgan fingerprint density at radius 3 is 2.10 bits per heavy atom. The molecular weight excluding hydrogens is 254 g/mol. The molecule has 1 aromatic rings. The van der Waals surface area contributed by atoms with E-state index in [0.717, 1.165) is 13.1 Å². The minimum atomic E-state index is -0.539. The molecule has 0 aliphatic rings. The van der Waals surface area contributed by atoms with Crippen LogP contribution in [0.5, 0.6) is 11.5 Å². The van der Waals surface area contributed by atoms with E-state index in [-0.39, 0.29) is 5.78 Å². The van der Waals surface area contributed by atoms with E-state index in [0.29, 0.717) is 17.1 Å². The highest BCUT2D eigenvalue weighted by atomic mass is 16.5. The van der Waals surface area contributed by atoms with Gasteiger partial charge < -0.3 is 9.47 Å². The van der Waals surface area contributed by atoms with Gasteiger partial charge in [0.1, 0.15) is 0 Å². The lowest BCUT2D eigenvalue weighted by Crippen LogP contribution is -2.49. The Bertz CT molecular complexity index is 465. The van der Waals surface area contributed by atoms with Gasteiger partial charge in [-0.3, -0.25) is 9.69 Å². The summed E-state index contributed by atoms with van der Waals surface area (Å²) in [5.41, 5.74) is 0.0999. The van der Waals surface area contributed by atoms with Crippen LogP contribution < -0.4 is 9.47 Å². The number of methoxy groups -OCH3 is 2. The number of ketones is 1. The SMILES string of the molecule is CCN(CC)C(C)(C)C(=O)c1ccc(OC)c(OC)c1. The van der Waals surface area contributed by atoms with E-state index in [2.05, 4.69) is 18.7 Å². The molecule has 0 spiro atoms. The van der Waals surface area contributed by atoms with Gasteiger partial charge in [0, 0.05) is 5.56 Å². The average Bonchev–Trinajstić information content (AvgIpc) is 2.46. The number of Topliss-reactive ketones (excluding diaryl/α,β-unsaturated/α-hetero) is 1. The Morgan fingerprint density at radius 2 is 1.65 bits per heavy atom. The maximum atomic E-state index is 12.8. The Morgan fingerprint density at radius 1 is 1.10 bits per heavy atom. The van der Waals surface area contributed by atoms with Crippen LogP contribution in [0.15, 0.2) is 18.2 Å². The summed E-state index contributed by atoms with van der Waals surface area (Å²) in [6.45, 7) is 9.71. The van der Waals surface area contributed by atoms with E-state index in [1.807, 2.05) is 13.8 Å². The van der Waals surface area contributed by atoms with Crippen LogP contribution in [-0.2, 0) is 0 Å². The van der Waals surface area contributed by atoms with Crippen LogP contribution in [-0.4, -0.2) is 43.5 Å². The Labute approximate surface area is 121 Å². The van der Waals surface area contributed by atoms with Crippen molar-refractivity contribution in [3.05, 3.63) is 23.8 Å². The van der Waals surface area contributed by atoms with Crippen molar-refractivity contribution < 1.29 is 14.3 Å². The first kappa shape index (κ1) is 16.5. The maximum absolute atomic E-state index is 12.8. The molecule has 112 valence electrons. The van der Waals surface area contributed by atoms with E-state index >= 15 is 0 Å². The van der Waals surface area contributed by atoms with Crippen LogP contribution in [0.25, 0.3) is 0 Å². The monoisotopic (exact) mass is 279 g/mol. The second kappa shape index (κ2) is 6.75. The van der Waals surface area contributed by atoms with Gasteiger partial charge in [0.05, 0.1) is 19.8 Å². The zero-order chi connectivity index (χ0) is 15.3. The number of carbonyl (C=O) groups is 1. The quantitative estimate of drug-likeness (QED) is 0.719. The topological polar surface area (TPSA) is 38.8 Å². The number of hydrogen-bond donors (Lipinski definition) is 0. The Hall–Kier alpha value is -1.55. The first-order valence-electron chi connectivity index (χ1n) is 6.94. The lowest BCUT2D eigenvalue weighted by atomic mass is 9.91. The molecular formula is C16H25NO3. The summed E-state index contributed by atoms with van der Waals surface area (Å²) < 4.78 is 10.5. The highest BCUT2D eigenvalue weighted by Crippen LogP contribution is 2.30. The molecule has 20 heavy (non-hydrogen) atoms. The highest BCUT2D eigenvalue weighted by Gasteiger charge is 2.33. The summed E-state index contributed by atoms with van der Waals surface area (Å²) in [6.07, 6.45) is 0. The molecule has 0 aromatic heterocycles. The van der Waals surface area contributed by atoms with Crippen molar-refractivity contribution in [2.45, 2.75) is 33.2 Å². The molecule has 0 unspecified atom stereocenters. The number of hydrogen-bond acceptors (Lipinski definition) is 4. The van der Waals surface area contributed by atoms with Gasteiger partial charge in [-0.25, -0.2) is 0 Å². The third-order valence-corrected chi connectivity index (χ3v) is 3.76. The van der Waals surface area contributed by atoms with Gasteiger partial charge in [-0.2, -0.15) is 0 Å². The van der Waals surface area contributed by atoms with E-state index in [1.165, 1.54) is 0 Å². The molecule has 0 fully saturated rings. The minimum Gasteiger partial charge on any atom is -0.493 e. The Kier molecular flexibility index (Phi) is 5.57. The summed E-state index contributed by atoms with van der Waals surface area (Å²) in [7, 11) is 3.15. The van der Waals surface area contributed by atoms with Gasteiger partial charge in [0.15, 0.2) is 17.3 Å². The van der Waals surface area contributed by atoms with E-state index in [9.17, 15) is 4.79 Å². The zero-order valence-electron chi connectivity index (χ0n) is 13.3. The second-order valence-corrected chi connectivity index (χ2v) is 5.13. The van der Waals surface area contributed by atoms with E-state index < -0.39 is 5.54 Å². The smallest absolute Gasteiger partial charge is 0.182 e. The van der Waals surface area contributed by atoms with Gasteiger partial charge in [0.2, 0.25) is 0 Å². The molecule has 0 N–H and O–H groups in total. The predicted molar refractivity (Wildman–Crippen MR) is 80.9 cm³/mol. The molecule has 0 heterocycles. The van der Waals surface area contributed by atoms with Crippen molar-refractivity contribution in [3.8, 4) is 11.5 Å². The van der Waals surface area contributed by atoms with Crippen molar-refractivity contribution in [1.82, 2.24) is 4.90 Å². The zero-order valence-corrected chi connectivity index (χ0v) is 13.3. The fourth-order valence-corrected chi connectivity index (χ4v) is 2.49. The molecule has 0 bridgehead atoms. The fraction of sp³-hybridized carbons (Fsp3) is 0.562. The van der Waals surface area contributed by atoms with Gasteiger partial charge in [0.25, 0.3) is 0 Å². The van der Waals surface area contributed by atoms with Gasteiger partial charge in [-0.05, 0) is 45.1 Å². The van der Waals surface area contributed by atoms with Crippen molar-refractivity contribution in [3.63, 3.8) is 0 Å². The van der Waals surface area contributed by atoms with Crippen molar-refractivity contribution in [2.75, 3.05) is 27.3 Å². The second-order valence-electron chi connectivity index (χ2n) is 5.13. The summed E-state index contributed by atoms with van der Waals surface area (Å²) in [5.74, 6) is 1.29. The molecule has 1 aromatic carbocycles. The largest absolute Gasteiger partial charge is 0.493 e. The number of benzene rings is 1. The molecule has 4 nitrogen and oxygen atoms in total. The molecule has 0 amide bonds. The summed E-state index contributed by atoms with van der Waals surface area (Å²) >= 11 is 0. The van der Waals surface area contributed by atoms with Crippen LogP contribution in [0, 0.1) is 0 Å². The molecule has 4 heteroatoms. The van der Waals surface area contributed by atoms with Crippen LogP contribution in [0.1, 0.15) is 38.1 Å². The number of carbonyl (C=O) groups excluding carboxylic acids is 1. The third-order valence-electron chi connectivity index (χ3n) is 3.76. The lowest BCUT2D eigenvalue weighted by molar-refractivity contribution is 0.0668. The van der Waals surface area contributed by atoms with Crippen LogP contribution in [0.2, 0.25) is 0 Å². The normalized spacial score (nSPS) is 11.6. The van der Waals surface area contributed by atoms with Gasteiger partial charge in [-0.15, -0.1) is 0 Å². The van der Waals surface area contributed by atoms with Crippen molar-refractivity contribution >= 4 is 5.78 Å². The standard InChI is InChI=1S/C16H25NO3/c1-7-17(8-2)16(3,4)15(18)12-9-10-13(19-5)14(11-12)20-6/h9-11H,7-8H2,1-6H3. The average molecular weight is 279 g/mol. The highest BCUT2D eigenvalue weighted by molar-refractivity contribution is 6.03. The van der Waals surface area contributed by atoms with Crippen LogP contribution in [0.3, 0.4) is 0 Å². The number of rotatable bonds is 7. The first-order chi connectivity index (χ1) is 9.42. The predicted octanol–water partition coefficient (Wildman–Crippen LogP) is 3.01. The number of ether oxygens (including phenoxy) is 2. The molecule has 1 rings (SSSR count). The third kappa shape index (κ3) is 3.12. The molecule has 0 atom stereocenters. The van der Waals surface area contributed by atoms with Gasteiger partial charge >= 0.3 is 0 Å². The fourth-order valence-electron chi connectivity index (χ4n) is 2.49. The summed E-state index contributed by atoms with van der Waals surface area (Å²) in [6, 6.07) is 5.30. The van der Waals surface area contributed by atoms with Crippen LogP contribution >= 0.6 is 0 Å². The summed E-state index contributed by atoms with van der Waals surface area (Å²) in [5, 5.41) is 0. The number of nitrogens with zero attached hydrogens (tertiary/aromatic N) is 1. The first-order valence-corrected chi connectivity index (χ1v) is 6.94. The molecule has 0 radical (unpaired) electrons. The Balaban J connectivity index is 3.14. The van der Waals surface area contributed by atoms with E-state index in [1.54, 1.807) is 32.4 Å². The maximum Gasteiger partial charge on any atom is 0.182 e. The molecule has 0 aliphatic carbocycles. The van der Waals surface area contributed by atoms with Crippen LogP contribution in [0.4, 0.5) is 0 Å². The minimum absolute atomic E-state index is 0.0853. The van der Waals surface area contributed by atoms with Gasteiger partial charge in [-0.1, -0.05) is 13.8 Å². The number of likely N-dealkylation sites (N-methyl/N-ethyl adjacent to an activating group) is 1. The molecule has 0 saturated heterocycles. The summed E-state index contributed by atoms with van der Waals surface area (Å²) in [4.78, 5) is 14.9.